The maximum Gasteiger partial charge on any atom is 0.410 e. The van der Waals surface area contributed by atoms with Crippen LogP contribution in [-0.2, 0) is 4.74 Å². The Hall–Kier alpha value is -1.25. The van der Waals surface area contributed by atoms with Gasteiger partial charge >= 0.3 is 6.09 Å². The Bertz CT molecular complexity index is 304. The van der Waals surface area contributed by atoms with Crippen LogP contribution in [0.2, 0.25) is 0 Å². The van der Waals surface area contributed by atoms with Gasteiger partial charge < -0.3 is 9.64 Å². The van der Waals surface area contributed by atoms with Gasteiger partial charge in [0.1, 0.15) is 6.10 Å². The first kappa shape index (κ1) is 16.8. The van der Waals surface area contributed by atoms with Crippen molar-refractivity contribution in [2.24, 2.45) is 0 Å². The summed E-state index contributed by atoms with van der Waals surface area (Å²) < 4.78 is 5.39. The molecule has 1 atom stereocenters. The Morgan fingerprint density at radius 2 is 1.56 bits per heavy atom. The van der Waals surface area contributed by atoms with Crippen LogP contribution in [0.1, 0.15) is 48.5 Å². The molecule has 0 aromatic heterocycles. The summed E-state index contributed by atoms with van der Waals surface area (Å²) >= 11 is 0. The molecular formula is C15H27NO2. The second-order valence-corrected chi connectivity index (χ2v) is 5.31. The molecule has 0 rings (SSSR count). The van der Waals surface area contributed by atoms with Gasteiger partial charge in [0.25, 0.3) is 0 Å². The van der Waals surface area contributed by atoms with E-state index < -0.39 is 0 Å². The normalized spacial score (nSPS) is 12.9. The zero-order chi connectivity index (χ0) is 14.3. The molecule has 0 saturated heterocycles. The van der Waals surface area contributed by atoms with Crippen LogP contribution in [0.5, 0.6) is 0 Å². The van der Waals surface area contributed by atoms with Crippen LogP contribution in [0.3, 0.4) is 0 Å². The molecule has 0 bridgehead atoms. The third-order valence-corrected chi connectivity index (χ3v) is 2.42. The van der Waals surface area contributed by atoms with Crippen LogP contribution in [0.15, 0.2) is 23.8 Å². The van der Waals surface area contributed by atoms with E-state index in [-0.39, 0.29) is 24.3 Å². The molecule has 0 aliphatic rings. The summed E-state index contributed by atoms with van der Waals surface area (Å²) in [6.07, 6.45) is 5.32. The zero-order valence-electron chi connectivity index (χ0n) is 12.7. The summed E-state index contributed by atoms with van der Waals surface area (Å²) in [4.78, 5) is 13.7. The number of rotatable bonds is 5. The smallest absolute Gasteiger partial charge is 0.410 e. The summed E-state index contributed by atoms with van der Waals surface area (Å²) in [6.45, 7) is 13.9. The molecule has 104 valence electrons. The fourth-order valence-corrected chi connectivity index (χ4v) is 1.68. The van der Waals surface area contributed by atoms with Gasteiger partial charge in [-0.05, 0) is 54.5 Å². The molecule has 0 N–H and O–H groups in total. The summed E-state index contributed by atoms with van der Waals surface area (Å²) in [7, 11) is 0. The van der Waals surface area contributed by atoms with E-state index >= 15 is 0 Å². The van der Waals surface area contributed by atoms with Crippen molar-refractivity contribution in [2.75, 3.05) is 0 Å². The second kappa shape index (κ2) is 7.96. The van der Waals surface area contributed by atoms with Gasteiger partial charge in [0, 0.05) is 12.1 Å². The molecular weight excluding hydrogens is 226 g/mol. The highest BCUT2D eigenvalue weighted by Crippen LogP contribution is 2.09. The molecule has 0 aromatic rings. The van der Waals surface area contributed by atoms with Crippen molar-refractivity contribution in [2.45, 2.75) is 66.7 Å². The molecule has 3 nitrogen and oxygen atoms in total. The fraction of sp³-hybridized carbons (Fsp3) is 0.667. The monoisotopic (exact) mass is 253 g/mol. The van der Waals surface area contributed by atoms with Crippen LogP contribution in [0.4, 0.5) is 4.79 Å². The largest absolute Gasteiger partial charge is 0.442 e. The van der Waals surface area contributed by atoms with Crippen LogP contribution in [-0.4, -0.2) is 29.2 Å². The van der Waals surface area contributed by atoms with Gasteiger partial charge in [-0.2, -0.15) is 0 Å². The maximum atomic E-state index is 12.0. The molecule has 18 heavy (non-hydrogen) atoms. The average molecular weight is 253 g/mol. The molecule has 3 heteroatoms. The van der Waals surface area contributed by atoms with Crippen LogP contribution in [0.25, 0.3) is 0 Å². The fourth-order valence-electron chi connectivity index (χ4n) is 1.68. The quantitative estimate of drug-likeness (QED) is 0.689. The first-order valence-electron chi connectivity index (χ1n) is 6.56. The molecule has 0 unspecified atom stereocenters. The number of amides is 1. The number of hydrogen-bond donors (Lipinski definition) is 0. The lowest BCUT2D eigenvalue weighted by Gasteiger charge is -2.30. The van der Waals surface area contributed by atoms with E-state index in [1.807, 2.05) is 66.7 Å². The maximum absolute atomic E-state index is 12.0. The Balaban J connectivity index is 4.46. The molecule has 0 aliphatic heterocycles. The topological polar surface area (TPSA) is 29.5 Å². The first-order chi connectivity index (χ1) is 8.25. The Kier molecular flexibility index (Phi) is 7.41. The van der Waals surface area contributed by atoms with Crippen molar-refractivity contribution in [3.05, 3.63) is 23.8 Å². The standard InChI is InChI=1S/C15H27NO2/c1-11(2)9-8-10-14(7)18-15(17)16(12(3)4)13(5)6/h8-10,12-14H,1-7H3/b10-8+/t14-/m0/s1. The van der Waals surface area contributed by atoms with Gasteiger partial charge in [-0.25, -0.2) is 4.79 Å². The Morgan fingerprint density at radius 3 is 1.94 bits per heavy atom. The Morgan fingerprint density at radius 1 is 1.06 bits per heavy atom. The van der Waals surface area contributed by atoms with E-state index in [2.05, 4.69) is 0 Å². The predicted molar refractivity (Wildman–Crippen MR) is 76.6 cm³/mol. The Labute approximate surface area is 112 Å². The summed E-state index contributed by atoms with van der Waals surface area (Å²) in [5.41, 5.74) is 1.22. The van der Waals surface area contributed by atoms with Gasteiger partial charge in [-0.15, -0.1) is 0 Å². The van der Waals surface area contributed by atoms with E-state index in [0.717, 1.165) is 0 Å². The SMILES string of the molecule is CC(C)=C/C=C/[C@H](C)OC(=O)N(C(C)C)C(C)C. The molecule has 1 amide bonds. The van der Waals surface area contributed by atoms with Crippen molar-refractivity contribution in [3.8, 4) is 0 Å². The average Bonchev–Trinajstić information content (AvgIpc) is 2.14. The molecule has 0 aromatic carbocycles. The van der Waals surface area contributed by atoms with Crippen molar-refractivity contribution in [3.63, 3.8) is 0 Å². The summed E-state index contributed by atoms with van der Waals surface area (Å²) in [5.74, 6) is 0. The van der Waals surface area contributed by atoms with Gasteiger partial charge in [-0.3, -0.25) is 0 Å². The second-order valence-electron chi connectivity index (χ2n) is 5.31. The third kappa shape index (κ3) is 6.48. The van der Waals surface area contributed by atoms with Crippen LogP contribution < -0.4 is 0 Å². The predicted octanol–water partition coefficient (Wildman–Crippen LogP) is 4.15. The summed E-state index contributed by atoms with van der Waals surface area (Å²) in [6, 6.07) is 0.290. The number of nitrogens with zero attached hydrogens (tertiary/aromatic N) is 1. The van der Waals surface area contributed by atoms with E-state index in [1.165, 1.54) is 5.57 Å². The highest BCUT2D eigenvalue weighted by atomic mass is 16.6. The lowest BCUT2D eigenvalue weighted by atomic mass is 10.2. The summed E-state index contributed by atoms with van der Waals surface area (Å²) in [5, 5.41) is 0. The van der Waals surface area contributed by atoms with Crippen LogP contribution in [0, 0.1) is 0 Å². The van der Waals surface area contributed by atoms with Gasteiger partial charge in [0.2, 0.25) is 0 Å². The van der Waals surface area contributed by atoms with Gasteiger partial charge in [0.15, 0.2) is 0 Å². The van der Waals surface area contributed by atoms with E-state index in [9.17, 15) is 4.79 Å². The minimum atomic E-state index is -0.255. The molecule has 0 spiro atoms. The first-order valence-corrected chi connectivity index (χ1v) is 6.56. The lowest BCUT2D eigenvalue weighted by Crippen LogP contribution is -2.43. The van der Waals surface area contributed by atoms with Crippen molar-refractivity contribution >= 4 is 6.09 Å². The van der Waals surface area contributed by atoms with Crippen LogP contribution >= 0.6 is 0 Å². The zero-order valence-corrected chi connectivity index (χ0v) is 12.7. The highest BCUT2D eigenvalue weighted by Gasteiger charge is 2.22. The van der Waals surface area contributed by atoms with Crippen molar-refractivity contribution in [1.29, 1.82) is 0 Å². The molecule has 0 saturated carbocycles. The number of ether oxygens (including phenoxy) is 1. The molecule has 0 radical (unpaired) electrons. The molecule has 0 heterocycles. The number of hydrogen-bond acceptors (Lipinski definition) is 2. The molecule has 0 aliphatic carbocycles. The van der Waals surface area contributed by atoms with Crippen molar-refractivity contribution in [1.82, 2.24) is 4.90 Å². The van der Waals surface area contributed by atoms with E-state index in [1.54, 1.807) is 4.90 Å². The number of carbonyl (C=O) groups is 1. The van der Waals surface area contributed by atoms with Gasteiger partial charge in [-0.1, -0.05) is 17.7 Å². The molecule has 0 fully saturated rings. The van der Waals surface area contributed by atoms with Gasteiger partial charge in [0.05, 0.1) is 0 Å². The third-order valence-electron chi connectivity index (χ3n) is 2.42. The lowest BCUT2D eigenvalue weighted by molar-refractivity contribution is 0.0653. The highest BCUT2D eigenvalue weighted by molar-refractivity contribution is 5.68. The minimum absolute atomic E-state index is 0.145. The van der Waals surface area contributed by atoms with Crippen molar-refractivity contribution < 1.29 is 9.53 Å². The number of allylic oxidation sites excluding steroid dienone is 3. The minimum Gasteiger partial charge on any atom is -0.442 e. The van der Waals surface area contributed by atoms with E-state index in [0.29, 0.717) is 0 Å². The number of carbonyl (C=O) groups excluding carboxylic acids is 1. The van der Waals surface area contributed by atoms with E-state index in [4.69, 9.17) is 4.74 Å².